The maximum absolute atomic E-state index is 4.53. The van der Waals surface area contributed by atoms with Gasteiger partial charge in [0, 0.05) is 26.2 Å². The summed E-state index contributed by atoms with van der Waals surface area (Å²) in [5, 5.41) is 6.68. The molecule has 1 fully saturated rings. The SMILES string of the molecule is Cc1ccccc1C=NN1CCN(C)CC1. The third-order valence-electron chi connectivity index (χ3n) is 3.03. The highest BCUT2D eigenvalue weighted by molar-refractivity contribution is 5.81. The number of likely N-dealkylation sites (N-methyl/N-ethyl adjacent to an activating group) is 1. The average Bonchev–Trinajstić information content (AvgIpc) is 2.30. The molecular weight excluding hydrogens is 198 g/mol. The zero-order valence-electron chi connectivity index (χ0n) is 10.1. The van der Waals surface area contributed by atoms with Crippen LogP contribution in [0.15, 0.2) is 29.4 Å². The molecule has 86 valence electrons. The summed E-state index contributed by atoms with van der Waals surface area (Å²) in [7, 11) is 2.16. The first-order chi connectivity index (χ1) is 7.75. The van der Waals surface area contributed by atoms with Gasteiger partial charge in [-0.25, -0.2) is 0 Å². The standard InChI is InChI=1S/C13H19N3/c1-12-5-3-4-6-13(12)11-14-16-9-7-15(2)8-10-16/h3-6,11H,7-10H2,1-2H3. The number of hydrogen-bond donors (Lipinski definition) is 0. The van der Waals surface area contributed by atoms with E-state index < -0.39 is 0 Å². The van der Waals surface area contributed by atoms with Crippen LogP contribution in [0.1, 0.15) is 11.1 Å². The highest BCUT2D eigenvalue weighted by atomic mass is 15.5. The van der Waals surface area contributed by atoms with E-state index in [0.29, 0.717) is 0 Å². The van der Waals surface area contributed by atoms with Gasteiger partial charge >= 0.3 is 0 Å². The van der Waals surface area contributed by atoms with E-state index in [1.165, 1.54) is 11.1 Å². The molecule has 1 saturated heterocycles. The average molecular weight is 217 g/mol. The van der Waals surface area contributed by atoms with Crippen LogP contribution in [-0.4, -0.2) is 49.4 Å². The molecule has 1 aromatic carbocycles. The fourth-order valence-electron chi connectivity index (χ4n) is 1.79. The van der Waals surface area contributed by atoms with Gasteiger partial charge in [-0.2, -0.15) is 5.10 Å². The number of benzene rings is 1. The molecule has 0 aliphatic carbocycles. The van der Waals surface area contributed by atoms with E-state index in [4.69, 9.17) is 0 Å². The number of nitrogens with zero attached hydrogens (tertiary/aromatic N) is 3. The second-order valence-corrected chi connectivity index (χ2v) is 4.36. The lowest BCUT2D eigenvalue weighted by atomic mass is 10.1. The Kier molecular flexibility index (Phi) is 3.57. The van der Waals surface area contributed by atoms with Crippen LogP contribution >= 0.6 is 0 Å². The van der Waals surface area contributed by atoms with Crippen molar-refractivity contribution in [3.63, 3.8) is 0 Å². The van der Waals surface area contributed by atoms with Gasteiger partial charge in [0.15, 0.2) is 0 Å². The molecule has 1 heterocycles. The third kappa shape index (κ3) is 2.83. The molecule has 0 radical (unpaired) electrons. The highest BCUT2D eigenvalue weighted by Crippen LogP contribution is 2.05. The minimum atomic E-state index is 1.03. The second-order valence-electron chi connectivity index (χ2n) is 4.36. The largest absolute Gasteiger partial charge is 0.303 e. The minimum Gasteiger partial charge on any atom is -0.303 e. The normalized spacial score (nSPS) is 18.2. The predicted molar refractivity (Wildman–Crippen MR) is 67.8 cm³/mol. The molecule has 3 nitrogen and oxygen atoms in total. The molecular formula is C13H19N3. The van der Waals surface area contributed by atoms with Gasteiger partial charge in [-0.15, -0.1) is 0 Å². The molecule has 2 rings (SSSR count). The lowest BCUT2D eigenvalue weighted by molar-refractivity contribution is 0.159. The molecule has 1 aliphatic rings. The maximum atomic E-state index is 4.53. The zero-order valence-corrected chi connectivity index (χ0v) is 10.1. The number of rotatable bonds is 2. The van der Waals surface area contributed by atoms with E-state index in [1.807, 2.05) is 6.21 Å². The molecule has 0 aromatic heterocycles. The van der Waals surface area contributed by atoms with E-state index in [9.17, 15) is 0 Å². The van der Waals surface area contributed by atoms with Crippen LogP contribution in [0.5, 0.6) is 0 Å². The van der Waals surface area contributed by atoms with Crippen molar-refractivity contribution in [2.24, 2.45) is 5.10 Å². The third-order valence-corrected chi connectivity index (χ3v) is 3.03. The number of aryl methyl sites for hydroxylation is 1. The fourth-order valence-corrected chi connectivity index (χ4v) is 1.79. The van der Waals surface area contributed by atoms with Gasteiger partial charge in [-0.05, 0) is 25.1 Å². The van der Waals surface area contributed by atoms with E-state index >= 15 is 0 Å². The van der Waals surface area contributed by atoms with Crippen LogP contribution in [0.4, 0.5) is 0 Å². The molecule has 1 aromatic rings. The van der Waals surface area contributed by atoms with Crippen molar-refractivity contribution in [2.75, 3.05) is 33.2 Å². The van der Waals surface area contributed by atoms with Crippen molar-refractivity contribution in [1.82, 2.24) is 9.91 Å². The van der Waals surface area contributed by atoms with Crippen LogP contribution < -0.4 is 0 Å². The van der Waals surface area contributed by atoms with Crippen molar-refractivity contribution in [2.45, 2.75) is 6.92 Å². The summed E-state index contributed by atoms with van der Waals surface area (Å²) in [6.45, 7) is 6.37. The topological polar surface area (TPSA) is 18.8 Å². The first-order valence-corrected chi connectivity index (χ1v) is 5.79. The molecule has 3 heteroatoms. The summed E-state index contributed by atoms with van der Waals surface area (Å²) in [5.41, 5.74) is 2.49. The van der Waals surface area contributed by atoms with Crippen LogP contribution in [0.3, 0.4) is 0 Å². The minimum absolute atomic E-state index is 1.03. The smallest absolute Gasteiger partial charge is 0.0545 e. The fraction of sp³-hybridized carbons (Fsp3) is 0.462. The first-order valence-electron chi connectivity index (χ1n) is 5.79. The van der Waals surface area contributed by atoms with Gasteiger partial charge in [0.05, 0.1) is 6.21 Å². The van der Waals surface area contributed by atoms with Gasteiger partial charge in [0.1, 0.15) is 0 Å². The lowest BCUT2D eigenvalue weighted by Crippen LogP contribution is -2.41. The Bertz CT molecular complexity index is 365. The number of hydrazone groups is 1. The first kappa shape index (κ1) is 11.1. The Labute approximate surface area is 97.4 Å². The summed E-state index contributed by atoms with van der Waals surface area (Å²) in [6, 6.07) is 8.33. The Morgan fingerprint density at radius 1 is 1.12 bits per heavy atom. The Balaban J connectivity index is 1.97. The van der Waals surface area contributed by atoms with Crippen molar-refractivity contribution < 1.29 is 0 Å². The summed E-state index contributed by atoms with van der Waals surface area (Å²) >= 11 is 0. The maximum Gasteiger partial charge on any atom is 0.0545 e. The van der Waals surface area contributed by atoms with Gasteiger partial charge in [0.25, 0.3) is 0 Å². The molecule has 0 amide bonds. The van der Waals surface area contributed by atoms with Crippen LogP contribution in [0.2, 0.25) is 0 Å². The molecule has 0 unspecified atom stereocenters. The Morgan fingerprint density at radius 3 is 2.50 bits per heavy atom. The van der Waals surface area contributed by atoms with Crippen molar-refractivity contribution in [1.29, 1.82) is 0 Å². The molecule has 0 N–H and O–H groups in total. The van der Waals surface area contributed by atoms with E-state index in [-0.39, 0.29) is 0 Å². The molecule has 0 atom stereocenters. The monoisotopic (exact) mass is 217 g/mol. The Morgan fingerprint density at radius 2 is 1.81 bits per heavy atom. The van der Waals surface area contributed by atoms with Gasteiger partial charge in [-0.1, -0.05) is 24.3 Å². The van der Waals surface area contributed by atoms with Crippen LogP contribution in [-0.2, 0) is 0 Å². The predicted octanol–water partition coefficient (Wildman–Crippen LogP) is 1.58. The van der Waals surface area contributed by atoms with Gasteiger partial charge < -0.3 is 4.90 Å². The second kappa shape index (κ2) is 5.12. The van der Waals surface area contributed by atoms with E-state index in [1.54, 1.807) is 0 Å². The number of hydrogen-bond acceptors (Lipinski definition) is 3. The van der Waals surface area contributed by atoms with E-state index in [2.05, 4.69) is 53.2 Å². The van der Waals surface area contributed by atoms with Gasteiger partial charge in [0.2, 0.25) is 0 Å². The molecule has 0 spiro atoms. The highest BCUT2D eigenvalue weighted by Gasteiger charge is 2.10. The number of piperazine rings is 1. The summed E-state index contributed by atoms with van der Waals surface area (Å²) in [4.78, 5) is 2.33. The van der Waals surface area contributed by atoms with Crippen molar-refractivity contribution in [3.05, 3.63) is 35.4 Å². The Hall–Kier alpha value is -1.35. The summed E-state index contributed by atoms with van der Waals surface area (Å²) in [5.74, 6) is 0. The zero-order chi connectivity index (χ0) is 11.4. The molecule has 1 aliphatic heterocycles. The summed E-state index contributed by atoms with van der Waals surface area (Å²) in [6.07, 6.45) is 1.97. The van der Waals surface area contributed by atoms with Crippen molar-refractivity contribution in [3.8, 4) is 0 Å². The van der Waals surface area contributed by atoms with Crippen LogP contribution in [0, 0.1) is 6.92 Å². The quantitative estimate of drug-likeness (QED) is 0.700. The molecule has 16 heavy (non-hydrogen) atoms. The van der Waals surface area contributed by atoms with Crippen LogP contribution in [0.25, 0.3) is 0 Å². The van der Waals surface area contributed by atoms with E-state index in [0.717, 1.165) is 26.2 Å². The lowest BCUT2D eigenvalue weighted by Gasteiger charge is -2.30. The summed E-state index contributed by atoms with van der Waals surface area (Å²) < 4.78 is 0. The van der Waals surface area contributed by atoms with Crippen molar-refractivity contribution >= 4 is 6.21 Å². The molecule has 0 bridgehead atoms. The molecule has 0 saturated carbocycles. The van der Waals surface area contributed by atoms with Gasteiger partial charge in [-0.3, -0.25) is 5.01 Å².